The number of halogens is 1. The van der Waals surface area contributed by atoms with Gasteiger partial charge in [-0.05, 0) is 31.5 Å². The third-order valence-electron chi connectivity index (χ3n) is 2.35. The smallest absolute Gasteiger partial charge is 0.338 e. The highest BCUT2D eigenvalue weighted by Gasteiger charge is 2.18. The van der Waals surface area contributed by atoms with Crippen molar-refractivity contribution in [2.24, 2.45) is 0 Å². The molecule has 0 aliphatic carbocycles. The topological polar surface area (TPSA) is 60.4 Å². The second-order valence-corrected chi connectivity index (χ2v) is 4.57. The van der Waals surface area contributed by atoms with Crippen LogP contribution in [-0.2, 0) is 9.53 Å². The lowest BCUT2D eigenvalue weighted by Gasteiger charge is -2.10. The first-order valence-corrected chi connectivity index (χ1v) is 6.33. The van der Waals surface area contributed by atoms with Crippen LogP contribution in [0.1, 0.15) is 45.0 Å². The lowest BCUT2D eigenvalue weighted by Crippen LogP contribution is -2.09. The first kappa shape index (κ1) is 14.6. The molecule has 0 saturated carbocycles. The van der Waals surface area contributed by atoms with Crippen molar-refractivity contribution in [2.75, 3.05) is 6.61 Å². The number of ketones is 1. The Bertz CT molecular complexity index is 482. The molecule has 0 aliphatic rings. The molecule has 0 fully saturated rings. The molecule has 0 heterocycles. The third kappa shape index (κ3) is 3.26. The Morgan fingerprint density at radius 3 is 2.61 bits per heavy atom. The average molecular weight is 313 g/mol. The molecule has 1 aromatic carbocycles. The van der Waals surface area contributed by atoms with Crippen LogP contribution in [0.4, 0.5) is 0 Å². The van der Waals surface area contributed by atoms with Gasteiger partial charge in [0.05, 0.1) is 17.0 Å². The zero-order valence-corrected chi connectivity index (χ0v) is 11.7. The summed E-state index contributed by atoms with van der Waals surface area (Å²) >= 11 is 3.21. The van der Waals surface area contributed by atoms with Gasteiger partial charge in [-0.2, -0.15) is 0 Å². The molecule has 0 aliphatic heterocycles. The summed E-state index contributed by atoms with van der Waals surface area (Å²) in [4.78, 5) is 33.2. The van der Waals surface area contributed by atoms with Crippen molar-refractivity contribution in [2.45, 2.75) is 18.7 Å². The minimum atomic E-state index is -0.547. The maximum Gasteiger partial charge on any atom is 0.338 e. The first-order valence-electron chi connectivity index (χ1n) is 5.42. The normalized spacial score (nSPS) is 11.7. The SMILES string of the molecule is CCOC(=O)c1ccc(C(Br)C(C)=O)c(C=O)c1. The van der Waals surface area contributed by atoms with E-state index in [9.17, 15) is 14.4 Å². The van der Waals surface area contributed by atoms with Crippen molar-refractivity contribution in [1.82, 2.24) is 0 Å². The van der Waals surface area contributed by atoms with E-state index in [1.54, 1.807) is 13.0 Å². The fourth-order valence-corrected chi connectivity index (χ4v) is 1.88. The van der Waals surface area contributed by atoms with Crippen molar-refractivity contribution >= 4 is 34.0 Å². The number of Topliss-reactive ketones (excluding diaryl/α,β-unsaturated/α-hetero) is 1. The second kappa shape index (κ2) is 6.44. The summed E-state index contributed by atoms with van der Waals surface area (Å²) in [6, 6.07) is 4.55. The number of carbonyl (C=O) groups is 3. The molecule has 1 aromatic rings. The number of esters is 1. The summed E-state index contributed by atoms with van der Waals surface area (Å²) in [6.07, 6.45) is 0.620. The second-order valence-electron chi connectivity index (χ2n) is 3.66. The van der Waals surface area contributed by atoms with Crippen LogP contribution >= 0.6 is 15.9 Å². The molecule has 0 spiro atoms. The van der Waals surface area contributed by atoms with E-state index in [4.69, 9.17) is 4.74 Å². The standard InChI is InChI=1S/C13H13BrO4/c1-3-18-13(17)9-4-5-11(10(6-9)7-15)12(14)8(2)16/h4-7,12H,3H2,1-2H3. The summed E-state index contributed by atoms with van der Waals surface area (Å²) in [5.74, 6) is -0.594. The molecule has 96 valence electrons. The van der Waals surface area contributed by atoms with Crippen LogP contribution in [-0.4, -0.2) is 24.6 Å². The van der Waals surface area contributed by atoms with Crippen LogP contribution in [0.25, 0.3) is 0 Å². The van der Waals surface area contributed by atoms with Crippen LogP contribution in [0, 0.1) is 0 Å². The van der Waals surface area contributed by atoms with Crippen LogP contribution in [0.5, 0.6) is 0 Å². The Morgan fingerprint density at radius 1 is 1.44 bits per heavy atom. The van der Waals surface area contributed by atoms with E-state index in [1.807, 2.05) is 0 Å². The van der Waals surface area contributed by atoms with Crippen molar-refractivity contribution in [3.63, 3.8) is 0 Å². The van der Waals surface area contributed by atoms with Gasteiger partial charge < -0.3 is 4.74 Å². The van der Waals surface area contributed by atoms with Gasteiger partial charge >= 0.3 is 5.97 Å². The number of benzene rings is 1. The lowest BCUT2D eigenvalue weighted by molar-refractivity contribution is -0.116. The molecular weight excluding hydrogens is 300 g/mol. The molecule has 0 saturated heterocycles. The van der Waals surface area contributed by atoms with E-state index in [1.165, 1.54) is 19.1 Å². The van der Waals surface area contributed by atoms with Crippen molar-refractivity contribution in [1.29, 1.82) is 0 Å². The fraction of sp³-hybridized carbons (Fsp3) is 0.308. The van der Waals surface area contributed by atoms with Crippen molar-refractivity contribution in [3.8, 4) is 0 Å². The van der Waals surface area contributed by atoms with E-state index < -0.39 is 10.8 Å². The number of carbonyl (C=O) groups excluding carboxylic acids is 3. The quantitative estimate of drug-likeness (QED) is 0.476. The highest BCUT2D eigenvalue weighted by molar-refractivity contribution is 9.09. The summed E-state index contributed by atoms with van der Waals surface area (Å²) in [6.45, 7) is 3.40. The Balaban J connectivity index is 3.15. The maximum absolute atomic E-state index is 11.5. The minimum Gasteiger partial charge on any atom is -0.462 e. The van der Waals surface area contributed by atoms with Gasteiger partial charge in [-0.25, -0.2) is 4.79 Å². The highest BCUT2D eigenvalue weighted by Crippen LogP contribution is 2.27. The first-order chi connectivity index (χ1) is 8.51. The van der Waals surface area contributed by atoms with Crippen LogP contribution in [0.2, 0.25) is 0 Å². The number of ether oxygens (including phenoxy) is 1. The Morgan fingerprint density at radius 2 is 2.11 bits per heavy atom. The zero-order valence-electron chi connectivity index (χ0n) is 10.1. The maximum atomic E-state index is 11.5. The van der Waals surface area contributed by atoms with Crippen LogP contribution < -0.4 is 0 Å². The molecular formula is C13H13BrO4. The van der Waals surface area contributed by atoms with Gasteiger partial charge in [-0.15, -0.1) is 0 Å². The number of alkyl halides is 1. The molecule has 5 heteroatoms. The zero-order chi connectivity index (χ0) is 13.7. The van der Waals surface area contributed by atoms with Gasteiger partial charge in [0.2, 0.25) is 0 Å². The Labute approximate surface area is 113 Å². The largest absolute Gasteiger partial charge is 0.462 e. The lowest BCUT2D eigenvalue weighted by atomic mass is 10.0. The predicted molar refractivity (Wildman–Crippen MR) is 70.1 cm³/mol. The summed E-state index contributed by atoms with van der Waals surface area (Å²) < 4.78 is 4.84. The van der Waals surface area contributed by atoms with E-state index in [2.05, 4.69) is 15.9 Å². The van der Waals surface area contributed by atoms with Gasteiger partial charge in [0.25, 0.3) is 0 Å². The molecule has 0 aromatic heterocycles. The molecule has 1 unspecified atom stereocenters. The minimum absolute atomic E-state index is 0.109. The van der Waals surface area contributed by atoms with Gasteiger partial charge in [-0.1, -0.05) is 22.0 Å². The monoisotopic (exact) mass is 312 g/mol. The van der Waals surface area contributed by atoms with Gasteiger partial charge in [0.1, 0.15) is 12.1 Å². The Hall–Kier alpha value is -1.49. The number of hydrogen-bond acceptors (Lipinski definition) is 4. The predicted octanol–water partition coefficient (Wildman–Crippen LogP) is 2.70. The molecule has 0 bridgehead atoms. The molecule has 1 rings (SSSR count). The number of hydrogen-bond donors (Lipinski definition) is 0. The summed E-state index contributed by atoms with van der Waals surface area (Å²) in [7, 11) is 0. The van der Waals surface area contributed by atoms with E-state index in [0.717, 1.165) is 0 Å². The van der Waals surface area contributed by atoms with Gasteiger partial charge in [-0.3, -0.25) is 9.59 Å². The molecule has 0 radical (unpaired) electrons. The van der Waals surface area contributed by atoms with Crippen LogP contribution in [0.3, 0.4) is 0 Å². The average Bonchev–Trinajstić information content (AvgIpc) is 2.37. The van der Waals surface area contributed by atoms with Crippen molar-refractivity contribution in [3.05, 3.63) is 34.9 Å². The van der Waals surface area contributed by atoms with E-state index in [0.29, 0.717) is 23.0 Å². The van der Waals surface area contributed by atoms with E-state index >= 15 is 0 Å². The molecule has 0 amide bonds. The number of aldehydes is 1. The summed E-state index contributed by atoms with van der Waals surface area (Å²) in [5, 5.41) is 0. The number of rotatable bonds is 5. The Kier molecular flexibility index (Phi) is 5.22. The molecule has 18 heavy (non-hydrogen) atoms. The van der Waals surface area contributed by atoms with E-state index in [-0.39, 0.29) is 12.4 Å². The fourth-order valence-electron chi connectivity index (χ4n) is 1.47. The van der Waals surface area contributed by atoms with Crippen LogP contribution in [0.15, 0.2) is 18.2 Å². The van der Waals surface area contributed by atoms with Gasteiger partial charge in [0.15, 0.2) is 0 Å². The van der Waals surface area contributed by atoms with Crippen molar-refractivity contribution < 1.29 is 19.1 Å². The van der Waals surface area contributed by atoms with Gasteiger partial charge in [0, 0.05) is 5.56 Å². The molecule has 1 atom stereocenters. The highest BCUT2D eigenvalue weighted by atomic mass is 79.9. The molecule has 0 N–H and O–H groups in total. The summed E-state index contributed by atoms with van der Waals surface area (Å²) in [5.41, 5.74) is 1.15. The molecule has 4 nitrogen and oxygen atoms in total. The third-order valence-corrected chi connectivity index (χ3v) is 3.49.